The SMILES string of the molecule is Cc1cc(C(=O)COC(=O)c2ccc(N3CCCCC3=O)cc2)c(C)n1C1CC1. The first-order valence-electron chi connectivity index (χ1n) is 10.2. The highest BCUT2D eigenvalue weighted by Crippen LogP contribution is 2.38. The molecule has 4 rings (SSSR count). The maximum Gasteiger partial charge on any atom is 0.338 e. The van der Waals surface area contributed by atoms with E-state index in [-0.39, 0.29) is 18.3 Å². The monoisotopic (exact) mass is 394 g/mol. The van der Waals surface area contributed by atoms with Gasteiger partial charge in [0.2, 0.25) is 11.7 Å². The van der Waals surface area contributed by atoms with Gasteiger partial charge in [0.05, 0.1) is 5.56 Å². The standard InChI is InChI=1S/C23H26N2O4/c1-15-13-20(16(2)25(15)19-10-11-19)21(26)14-29-23(28)17-6-8-18(9-7-17)24-12-4-3-5-22(24)27/h6-9,13,19H,3-5,10-12,14H2,1-2H3. The fourth-order valence-electron chi connectivity index (χ4n) is 4.10. The van der Waals surface area contributed by atoms with Crippen LogP contribution in [0.25, 0.3) is 0 Å². The Labute approximate surface area is 170 Å². The summed E-state index contributed by atoms with van der Waals surface area (Å²) in [5.41, 5.74) is 3.80. The Bertz CT molecular complexity index is 954. The van der Waals surface area contributed by atoms with Crippen LogP contribution in [-0.2, 0) is 9.53 Å². The summed E-state index contributed by atoms with van der Waals surface area (Å²) in [5, 5.41) is 0. The van der Waals surface area contributed by atoms with Crippen LogP contribution in [0.5, 0.6) is 0 Å². The molecule has 1 aromatic carbocycles. The Hall–Kier alpha value is -2.89. The number of hydrogen-bond donors (Lipinski definition) is 0. The Morgan fingerprint density at radius 3 is 2.48 bits per heavy atom. The summed E-state index contributed by atoms with van der Waals surface area (Å²) in [6.45, 7) is 4.38. The minimum Gasteiger partial charge on any atom is -0.454 e. The first kappa shape index (κ1) is 19.4. The Morgan fingerprint density at radius 1 is 1.10 bits per heavy atom. The molecule has 2 aromatic rings. The molecule has 1 saturated heterocycles. The number of rotatable bonds is 6. The van der Waals surface area contributed by atoms with Crippen LogP contribution in [0.4, 0.5) is 5.69 Å². The van der Waals surface area contributed by atoms with Gasteiger partial charge in [-0.05, 0) is 69.9 Å². The lowest BCUT2D eigenvalue weighted by molar-refractivity contribution is -0.119. The fourth-order valence-corrected chi connectivity index (χ4v) is 4.10. The summed E-state index contributed by atoms with van der Waals surface area (Å²) >= 11 is 0. The van der Waals surface area contributed by atoms with Gasteiger partial charge in [-0.2, -0.15) is 0 Å². The maximum absolute atomic E-state index is 12.6. The fraction of sp³-hybridized carbons (Fsp3) is 0.435. The van der Waals surface area contributed by atoms with E-state index in [4.69, 9.17) is 4.74 Å². The quantitative estimate of drug-likeness (QED) is 0.549. The highest BCUT2D eigenvalue weighted by molar-refractivity contribution is 6.00. The average Bonchev–Trinajstić information content (AvgIpc) is 3.51. The number of carbonyl (C=O) groups excluding carboxylic acids is 3. The van der Waals surface area contributed by atoms with Gasteiger partial charge in [0.25, 0.3) is 0 Å². The summed E-state index contributed by atoms with van der Waals surface area (Å²) in [5.74, 6) is -0.610. The van der Waals surface area contributed by atoms with Crippen molar-refractivity contribution in [3.8, 4) is 0 Å². The number of ether oxygens (including phenoxy) is 1. The minimum atomic E-state index is -0.536. The molecule has 2 aliphatic rings. The van der Waals surface area contributed by atoms with Crippen LogP contribution in [0, 0.1) is 13.8 Å². The second kappa shape index (κ2) is 7.85. The summed E-state index contributed by atoms with van der Waals surface area (Å²) in [6.07, 6.45) is 4.78. The number of carbonyl (C=O) groups is 3. The summed E-state index contributed by atoms with van der Waals surface area (Å²) in [7, 11) is 0. The summed E-state index contributed by atoms with van der Waals surface area (Å²) in [6, 6.07) is 9.18. The molecule has 1 saturated carbocycles. The third kappa shape index (κ3) is 3.97. The van der Waals surface area contributed by atoms with E-state index in [1.807, 2.05) is 19.9 Å². The number of aryl methyl sites for hydroxylation is 1. The molecule has 0 radical (unpaired) electrons. The van der Waals surface area contributed by atoms with Crippen LogP contribution >= 0.6 is 0 Å². The second-order valence-corrected chi connectivity index (χ2v) is 7.93. The Morgan fingerprint density at radius 2 is 1.83 bits per heavy atom. The highest BCUT2D eigenvalue weighted by Gasteiger charge is 2.28. The highest BCUT2D eigenvalue weighted by atomic mass is 16.5. The number of benzene rings is 1. The normalized spacial score (nSPS) is 16.8. The number of ketones is 1. The Balaban J connectivity index is 1.38. The second-order valence-electron chi connectivity index (χ2n) is 7.93. The predicted octanol–water partition coefficient (Wildman–Crippen LogP) is 4.00. The van der Waals surface area contributed by atoms with Gasteiger partial charge >= 0.3 is 5.97 Å². The predicted molar refractivity (Wildman–Crippen MR) is 109 cm³/mol. The number of esters is 1. The largest absolute Gasteiger partial charge is 0.454 e. The lowest BCUT2D eigenvalue weighted by atomic mass is 10.1. The molecule has 0 spiro atoms. The number of nitrogens with zero attached hydrogens (tertiary/aromatic N) is 2. The average molecular weight is 394 g/mol. The molecular formula is C23H26N2O4. The van der Waals surface area contributed by atoms with Crippen molar-refractivity contribution < 1.29 is 19.1 Å². The molecule has 29 heavy (non-hydrogen) atoms. The van der Waals surface area contributed by atoms with Crippen LogP contribution in [0.2, 0.25) is 0 Å². The zero-order valence-electron chi connectivity index (χ0n) is 16.9. The van der Waals surface area contributed by atoms with Crippen LogP contribution in [-0.4, -0.2) is 35.4 Å². The van der Waals surface area contributed by atoms with Gasteiger partial charge in [-0.1, -0.05) is 0 Å². The smallest absolute Gasteiger partial charge is 0.338 e. The van der Waals surface area contributed by atoms with Gasteiger partial charge in [-0.25, -0.2) is 4.79 Å². The van der Waals surface area contributed by atoms with E-state index in [0.29, 0.717) is 30.1 Å². The van der Waals surface area contributed by atoms with Gasteiger partial charge in [0.1, 0.15) is 0 Å². The van der Waals surface area contributed by atoms with Crippen molar-refractivity contribution in [2.75, 3.05) is 18.1 Å². The van der Waals surface area contributed by atoms with Gasteiger partial charge in [-0.3, -0.25) is 9.59 Å². The zero-order valence-corrected chi connectivity index (χ0v) is 16.9. The third-order valence-electron chi connectivity index (χ3n) is 5.77. The van der Waals surface area contributed by atoms with Crippen molar-refractivity contribution in [2.24, 2.45) is 0 Å². The molecule has 152 valence electrons. The van der Waals surface area contributed by atoms with Crippen molar-refractivity contribution in [1.82, 2.24) is 4.57 Å². The number of hydrogen-bond acceptors (Lipinski definition) is 4. The van der Waals surface area contributed by atoms with Crippen molar-refractivity contribution in [1.29, 1.82) is 0 Å². The molecule has 0 bridgehead atoms. The molecule has 2 fully saturated rings. The van der Waals surface area contributed by atoms with Crippen LogP contribution in [0.3, 0.4) is 0 Å². The lowest BCUT2D eigenvalue weighted by Gasteiger charge is -2.26. The molecule has 6 nitrogen and oxygen atoms in total. The lowest BCUT2D eigenvalue weighted by Crippen LogP contribution is -2.35. The summed E-state index contributed by atoms with van der Waals surface area (Å²) in [4.78, 5) is 38.7. The number of aromatic nitrogens is 1. The number of anilines is 1. The van der Waals surface area contributed by atoms with Crippen molar-refractivity contribution in [3.05, 3.63) is 52.8 Å². The summed E-state index contributed by atoms with van der Waals surface area (Å²) < 4.78 is 7.46. The van der Waals surface area contributed by atoms with Gasteiger partial charge in [-0.15, -0.1) is 0 Å². The molecule has 1 aromatic heterocycles. The van der Waals surface area contributed by atoms with Crippen LogP contribution in [0.15, 0.2) is 30.3 Å². The number of Topliss-reactive ketones (excluding diaryl/α,β-unsaturated/α-hetero) is 1. The van der Waals surface area contributed by atoms with Gasteiger partial charge in [0, 0.05) is 41.6 Å². The first-order chi connectivity index (χ1) is 14.0. The molecule has 0 unspecified atom stereocenters. The van der Waals surface area contributed by atoms with E-state index in [1.165, 1.54) is 0 Å². The molecule has 0 atom stereocenters. The van der Waals surface area contributed by atoms with E-state index in [0.717, 1.165) is 42.8 Å². The van der Waals surface area contributed by atoms with Gasteiger partial charge in [0.15, 0.2) is 6.61 Å². The molecule has 6 heteroatoms. The first-order valence-corrected chi connectivity index (χ1v) is 10.2. The van der Waals surface area contributed by atoms with Gasteiger partial charge < -0.3 is 14.2 Å². The van der Waals surface area contributed by atoms with E-state index >= 15 is 0 Å². The molecule has 1 aliphatic heterocycles. The number of piperidine rings is 1. The topological polar surface area (TPSA) is 68.6 Å². The Kier molecular flexibility index (Phi) is 5.26. The van der Waals surface area contributed by atoms with Crippen LogP contribution < -0.4 is 4.90 Å². The van der Waals surface area contributed by atoms with Crippen molar-refractivity contribution in [2.45, 2.75) is 52.0 Å². The van der Waals surface area contributed by atoms with Crippen LogP contribution in [0.1, 0.15) is 70.2 Å². The van der Waals surface area contributed by atoms with Crippen molar-refractivity contribution in [3.63, 3.8) is 0 Å². The molecule has 1 aliphatic carbocycles. The minimum absolute atomic E-state index is 0.112. The number of amides is 1. The molecule has 1 amide bonds. The zero-order chi connectivity index (χ0) is 20.5. The molecular weight excluding hydrogens is 368 g/mol. The third-order valence-corrected chi connectivity index (χ3v) is 5.77. The molecule has 2 heterocycles. The van der Waals surface area contributed by atoms with E-state index in [9.17, 15) is 14.4 Å². The van der Waals surface area contributed by atoms with Crippen molar-refractivity contribution >= 4 is 23.3 Å². The maximum atomic E-state index is 12.6. The van der Waals surface area contributed by atoms with E-state index < -0.39 is 5.97 Å². The van der Waals surface area contributed by atoms with E-state index in [2.05, 4.69) is 4.57 Å². The van der Waals surface area contributed by atoms with E-state index in [1.54, 1.807) is 29.2 Å². The molecule has 0 N–H and O–H groups in total.